The van der Waals surface area contributed by atoms with Gasteiger partial charge in [0, 0.05) is 17.5 Å². The summed E-state index contributed by atoms with van der Waals surface area (Å²) in [7, 11) is 0. The van der Waals surface area contributed by atoms with Crippen LogP contribution in [0.4, 0.5) is 19.3 Å². The molecule has 1 atom stereocenters. The van der Waals surface area contributed by atoms with E-state index in [1.54, 1.807) is 62.4 Å². The molecule has 0 aliphatic rings. The van der Waals surface area contributed by atoms with E-state index in [2.05, 4.69) is 10.5 Å². The summed E-state index contributed by atoms with van der Waals surface area (Å²) in [5.74, 6) is -1.58. The van der Waals surface area contributed by atoms with Crippen molar-refractivity contribution >= 4 is 17.7 Å². The van der Waals surface area contributed by atoms with Crippen LogP contribution in [0.2, 0.25) is 0 Å². The van der Waals surface area contributed by atoms with Crippen LogP contribution in [0.1, 0.15) is 41.0 Å². The second kappa shape index (κ2) is 11.0. The van der Waals surface area contributed by atoms with Crippen molar-refractivity contribution in [3.8, 4) is 11.3 Å². The number of aryl methyl sites for hydroxylation is 1. The Morgan fingerprint density at radius 3 is 2.43 bits per heavy atom. The average molecular weight is 507 g/mol. The highest BCUT2D eigenvalue weighted by atomic mass is 19.1. The van der Waals surface area contributed by atoms with Crippen molar-refractivity contribution < 1.29 is 32.7 Å². The smallest absolute Gasteiger partial charge is 0.412 e. The first-order valence-electron chi connectivity index (χ1n) is 11.5. The molecule has 0 aliphatic carbocycles. The molecular weight excluding hydrogens is 482 g/mol. The summed E-state index contributed by atoms with van der Waals surface area (Å²) in [6.45, 7) is 3.22. The number of anilines is 1. The molecule has 0 bridgehead atoms. The maximum absolute atomic E-state index is 14.3. The fourth-order valence-corrected chi connectivity index (χ4v) is 3.92. The summed E-state index contributed by atoms with van der Waals surface area (Å²) in [6.07, 6.45) is -1.54. The van der Waals surface area contributed by atoms with Gasteiger partial charge in [-0.15, -0.1) is 0 Å². The van der Waals surface area contributed by atoms with Crippen LogP contribution in [-0.2, 0) is 22.4 Å². The van der Waals surface area contributed by atoms with E-state index >= 15 is 0 Å². The molecule has 1 amide bonds. The van der Waals surface area contributed by atoms with Crippen LogP contribution in [0.15, 0.2) is 71.3 Å². The van der Waals surface area contributed by atoms with Crippen LogP contribution >= 0.6 is 0 Å². The molecule has 0 saturated heterocycles. The number of hydrogen-bond donors (Lipinski definition) is 2. The number of carbonyl (C=O) groups excluding carboxylic acids is 1. The van der Waals surface area contributed by atoms with Gasteiger partial charge in [0.15, 0.2) is 5.76 Å². The zero-order chi connectivity index (χ0) is 26.5. The fourth-order valence-electron chi connectivity index (χ4n) is 3.92. The Labute approximate surface area is 211 Å². The molecule has 7 nitrogen and oxygen atoms in total. The summed E-state index contributed by atoms with van der Waals surface area (Å²) in [5.41, 5.74) is 3.29. The molecule has 4 aromatic rings. The van der Waals surface area contributed by atoms with Crippen molar-refractivity contribution in [3.63, 3.8) is 0 Å². The highest BCUT2D eigenvalue weighted by Gasteiger charge is 2.21. The van der Waals surface area contributed by atoms with E-state index in [-0.39, 0.29) is 18.4 Å². The van der Waals surface area contributed by atoms with Gasteiger partial charge in [-0.2, -0.15) is 0 Å². The number of halogens is 2. The molecule has 37 heavy (non-hydrogen) atoms. The van der Waals surface area contributed by atoms with Crippen LogP contribution < -0.4 is 5.32 Å². The first-order valence-corrected chi connectivity index (χ1v) is 11.5. The predicted octanol–water partition coefficient (Wildman–Crippen LogP) is 6.46. The molecule has 0 aliphatic heterocycles. The molecule has 3 aromatic carbocycles. The fraction of sp³-hybridized carbons (Fsp3) is 0.179. The van der Waals surface area contributed by atoms with E-state index in [4.69, 9.17) is 14.4 Å². The standard InChI is InChI=1S/C28H24F2N2O5/c1-16-26(31-28(35)36-17(2)22-5-3-4-6-24(22)30)27(37-32-16)20-10-7-18(8-11-20)13-21-14-19(15-25(33)34)9-12-23(21)29/h3-12,14,17H,13,15H2,1-2H3,(H,31,35)(H,33,34). The lowest BCUT2D eigenvalue weighted by Gasteiger charge is -2.15. The van der Waals surface area contributed by atoms with Crippen LogP contribution in [0, 0.1) is 18.6 Å². The van der Waals surface area contributed by atoms with Gasteiger partial charge < -0.3 is 14.4 Å². The molecule has 1 heterocycles. The van der Waals surface area contributed by atoms with Crippen LogP contribution in [-0.4, -0.2) is 22.3 Å². The van der Waals surface area contributed by atoms with Crippen LogP contribution in [0.5, 0.6) is 0 Å². The number of rotatable bonds is 8. The monoisotopic (exact) mass is 506 g/mol. The van der Waals surface area contributed by atoms with E-state index in [0.717, 1.165) is 5.56 Å². The van der Waals surface area contributed by atoms with Gasteiger partial charge in [0.1, 0.15) is 29.1 Å². The molecule has 2 N–H and O–H groups in total. The number of amides is 1. The predicted molar refractivity (Wildman–Crippen MR) is 132 cm³/mol. The molecule has 0 saturated carbocycles. The van der Waals surface area contributed by atoms with E-state index in [1.807, 2.05) is 0 Å². The van der Waals surface area contributed by atoms with Crippen LogP contribution in [0.25, 0.3) is 11.3 Å². The number of ether oxygens (including phenoxy) is 1. The van der Waals surface area contributed by atoms with Crippen molar-refractivity contribution in [2.45, 2.75) is 32.8 Å². The molecule has 0 fully saturated rings. The lowest BCUT2D eigenvalue weighted by atomic mass is 9.99. The minimum atomic E-state index is -0.987. The van der Waals surface area contributed by atoms with E-state index < -0.39 is 29.8 Å². The lowest BCUT2D eigenvalue weighted by Crippen LogP contribution is -2.17. The van der Waals surface area contributed by atoms with Crippen molar-refractivity contribution in [3.05, 3.63) is 106 Å². The number of hydrogen-bond acceptors (Lipinski definition) is 5. The number of aromatic nitrogens is 1. The number of carbonyl (C=O) groups is 2. The second-order valence-corrected chi connectivity index (χ2v) is 8.54. The Hall–Kier alpha value is -4.53. The molecule has 4 rings (SSSR count). The Morgan fingerprint density at radius 2 is 1.73 bits per heavy atom. The van der Waals surface area contributed by atoms with Gasteiger partial charge in [-0.05, 0) is 42.7 Å². The van der Waals surface area contributed by atoms with Gasteiger partial charge >= 0.3 is 12.1 Å². The second-order valence-electron chi connectivity index (χ2n) is 8.54. The quantitative estimate of drug-likeness (QED) is 0.285. The molecule has 0 spiro atoms. The van der Waals surface area contributed by atoms with Gasteiger partial charge in [0.2, 0.25) is 0 Å². The molecule has 1 unspecified atom stereocenters. The third-order valence-corrected chi connectivity index (χ3v) is 5.79. The summed E-state index contributed by atoms with van der Waals surface area (Å²) < 4.78 is 39.0. The minimum Gasteiger partial charge on any atom is -0.481 e. The number of benzene rings is 3. The van der Waals surface area contributed by atoms with Gasteiger partial charge in [-0.1, -0.05) is 59.8 Å². The van der Waals surface area contributed by atoms with Crippen molar-refractivity contribution in [1.82, 2.24) is 5.16 Å². The maximum Gasteiger partial charge on any atom is 0.412 e. The SMILES string of the molecule is Cc1noc(-c2ccc(Cc3cc(CC(=O)O)ccc3F)cc2)c1NC(=O)OC(C)c1ccccc1F. The Balaban J connectivity index is 1.47. The molecule has 190 valence electrons. The highest BCUT2D eigenvalue weighted by molar-refractivity contribution is 5.90. The zero-order valence-electron chi connectivity index (χ0n) is 20.1. The average Bonchev–Trinajstić information content (AvgIpc) is 3.21. The third kappa shape index (κ3) is 6.19. The highest BCUT2D eigenvalue weighted by Crippen LogP contribution is 2.32. The summed E-state index contributed by atoms with van der Waals surface area (Å²) >= 11 is 0. The first kappa shape index (κ1) is 25.6. The Bertz CT molecular complexity index is 1430. The molecular formula is C28H24F2N2O5. The Kier molecular flexibility index (Phi) is 7.62. The van der Waals surface area contributed by atoms with E-state index in [9.17, 15) is 18.4 Å². The normalized spacial score (nSPS) is 11.7. The topological polar surface area (TPSA) is 102 Å². The molecule has 1 aromatic heterocycles. The lowest BCUT2D eigenvalue weighted by molar-refractivity contribution is -0.136. The number of carboxylic acids is 1. The largest absolute Gasteiger partial charge is 0.481 e. The Morgan fingerprint density at radius 1 is 1.03 bits per heavy atom. The molecule has 0 radical (unpaired) electrons. The zero-order valence-corrected chi connectivity index (χ0v) is 20.1. The van der Waals surface area contributed by atoms with Gasteiger partial charge in [-0.3, -0.25) is 10.1 Å². The number of carboxylic acid groups (broad SMARTS) is 1. The maximum atomic E-state index is 14.3. The van der Waals surface area contributed by atoms with E-state index in [1.165, 1.54) is 18.2 Å². The van der Waals surface area contributed by atoms with E-state index in [0.29, 0.717) is 33.8 Å². The first-order chi connectivity index (χ1) is 17.7. The number of aliphatic carboxylic acids is 1. The minimum absolute atomic E-state index is 0.186. The summed E-state index contributed by atoms with van der Waals surface area (Å²) in [5, 5.41) is 15.5. The third-order valence-electron chi connectivity index (χ3n) is 5.79. The van der Waals surface area contributed by atoms with Crippen molar-refractivity contribution in [1.29, 1.82) is 0 Å². The number of nitrogens with one attached hydrogen (secondary N) is 1. The summed E-state index contributed by atoms with van der Waals surface area (Å²) in [4.78, 5) is 23.5. The van der Waals surface area contributed by atoms with Gasteiger partial charge in [0.05, 0.1) is 6.42 Å². The van der Waals surface area contributed by atoms with Crippen molar-refractivity contribution in [2.24, 2.45) is 0 Å². The number of nitrogens with zero attached hydrogens (tertiary/aromatic N) is 1. The van der Waals surface area contributed by atoms with Gasteiger partial charge in [0.25, 0.3) is 0 Å². The van der Waals surface area contributed by atoms with Crippen molar-refractivity contribution in [2.75, 3.05) is 5.32 Å². The molecule has 9 heteroatoms. The van der Waals surface area contributed by atoms with Crippen LogP contribution in [0.3, 0.4) is 0 Å². The summed E-state index contributed by atoms with van der Waals surface area (Å²) in [6, 6.07) is 17.4. The van der Waals surface area contributed by atoms with Gasteiger partial charge in [-0.25, -0.2) is 13.6 Å².